The lowest BCUT2D eigenvalue weighted by molar-refractivity contribution is -0.141. The maximum absolute atomic E-state index is 11.9. The predicted octanol–water partition coefficient (Wildman–Crippen LogP) is 0.504. The molecule has 1 amide bonds. The molecule has 1 aliphatic rings. The summed E-state index contributed by atoms with van der Waals surface area (Å²) in [6.07, 6.45) is 0.927. The molecule has 1 fully saturated rings. The van der Waals surface area contributed by atoms with E-state index in [1.165, 1.54) is 24.1 Å². The second-order valence-corrected chi connectivity index (χ2v) is 6.75. The van der Waals surface area contributed by atoms with Crippen LogP contribution in [0.5, 0.6) is 5.75 Å². The Kier molecular flexibility index (Phi) is 4.27. The topological polar surface area (TPSA) is 113 Å². The fourth-order valence-electron chi connectivity index (χ4n) is 2.27. The first-order chi connectivity index (χ1) is 10.2. The molecule has 0 spiro atoms. The van der Waals surface area contributed by atoms with Crippen molar-refractivity contribution in [1.29, 1.82) is 0 Å². The second kappa shape index (κ2) is 5.84. The molecular formula is C13H16N2O6S. The molecular weight excluding hydrogens is 312 g/mol. The molecule has 1 atom stereocenters. The number of hydrogen-bond acceptors (Lipinski definition) is 5. The minimum Gasteiger partial charge on any atom is -0.495 e. The number of aliphatic carboxylic acids is 1. The number of ether oxygens (including phenoxy) is 1. The van der Waals surface area contributed by atoms with Crippen LogP contribution in [0.3, 0.4) is 0 Å². The lowest BCUT2D eigenvalue weighted by atomic mass is 10.1. The number of methoxy groups -OCH3 is 1. The molecule has 0 aliphatic carbocycles. The van der Waals surface area contributed by atoms with Crippen molar-refractivity contribution in [2.45, 2.75) is 6.42 Å². The summed E-state index contributed by atoms with van der Waals surface area (Å²) >= 11 is 0. The van der Waals surface area contributed by atoms with Gasteiger partial charge in [0.2, 0.25) is 15.9 Å². The van der Waals surface area contributed by atoms with Crippen molar-refractivity contribution in [3.8, 4) is 5.75 Å². The van der Waals surface area contributed by atoms with Crippen LogP contribution in [0.1, 0.15) is 6.42 Å². The summed E-state index contributed by atoms with van der Waals surface area (Å²) in [6, 6.07) is 4.54. The molecule has 22 heavy (non-hydrogen) atoms. The smallest absolute Gasteiger partial charge is 0.308 e. The van der Waals surface area contributed by atoms with Gasteiger partial charge in [0.1, 0.15) is 5.75 Å². The highest BCUT2D eigenvalue weighted by Gasteiger charge is 2.35. The Hall–Kier alpha value is -2.29. The maximum atomic E-state index is 11.9. The van der Waals surface area contributed by atoms with Crippen molar-refractivity contribution in [1.82, 2.24) is 0 Å². The van der Waals surface area contributed by atoms with E-state index in [2.05, 4.69) is 4.72 Å². The van der Waals surface area contributed by atoms with Gasteiger partial charge in [0.05, 0.1) is 25.0 Å². The number of carboxylic acids is 1. The molecule has 1 aliphatic heterocycles. The van der Waals surface area contributed by atoms with Gasteiger partial charge in [-0.2, -0.15) is 0 Å². The SMILES string of the molecule is COc1ccc(N2CC(C(=O)O)CC2=O)cc1NS(C)(=O)=O. The van der Waals surface area contributed by atoms with Gasteiger partial charge in [0.25, 0.3) is 0 Å². The number of hydrogen-bond donors (Lipinski definition) is 2. The Morgan fingerprint density at radius 2 is 2.14 bits per heavy atom. The highest BCUT2D eigenvalue weighted by Crippen LogP contribution is 2.33. The lowest BCUT2D eigenvalue weighted by Crippen LogP contribution is -2.26. The van der Waals surface area contributed by atoms with Gasteiger partial charge < -0.3 is 14.7 Å². The van der Waals surface area contributed by atoms with Crippen molar-refractivity contribution in [2.75, 3.05) is 29.5 Å². The van der Waals surface area contributed by atoms with Crippen molar-refractivity contribution in [3.63, 3.8) is 0 Å². The second-order valence-electron chi connectivity index (χ2n) is 5.00. The van der Waals surface area contributed by atoms with E-state index >= 15 is 0 Å². The molecule has 2 N–H and O–H groups in total. The largest absolute Gasteiger partial charge is 0.495 e. The van der Waals surface area contributed by atoms with E-state index in [-0.39, 0.29) is 24.6 Å². The third-order valence-electron chi connectivity index (χ3n) is 3.26. The number of rotatable bonds is 5. The highest BCUT2D eigenvalue weighted by atomic mass is 32.2. The summed E-state index contributed by atoms with van der Waals surface area (Å²) in [5.41, 5.74) is 0.606. The molecule has 0 saturated carbocycles. The molecule has 8 nitrogen and oxygen atoms in total. The highest BCUT2D eigenvalue weighted by molar-refractivity contribution is 7.92. The van der Waals surface area contributed by atoms with Gasteiger partial charge in [0, 0.05) is 18.7 Å². The van der Waals surface area contributed by atoms with Crippen LogP contribution in [-0.4, -0.2) is 45.3 Å². The molecule has 1 aromatic rings. The van der Waals surface area contributed by atoms with Crippen molar-refractivity contribution in [3.05, 3.63) is 18.2 Å². The first kappa shape index (κ1) is 16.1. The summed E-state index contributed by atoms with van der Waals surface area (Å²) in [7, 11) is -2.12. The number of sulfonamides is 1. The van der Waals surface area contributed by atoms with Crippen LogP contribution in [0.2, 0.25) is 0 Å². The quantitative estimate of drug-likeness (QED) is 0.814. The van der Waals surface area contributed by atoms with Crippen LogP contribution >= 0.6 is 0 Å². The molecule has 120 valence electrons. The fourth-order valence-corrected chi connectivity index (χ4v) is 2.82. The third kappa shape index (κ3) is 3.48. The predicted molar refractivity (Wildman–Crippen MR) is 79.6 cm³/mol. The molecule has 0 radical (unpaired) electrons. The number of amides is 1. The van der Waals surface area contributed by atoms with Gasteiger partial charge in [-0.05, 0) is 18.2 Å². The van der Waals surface area contributed by atoms with E-state index in [9.17, 15) is 18.0 Å². The van der Waals surface area contributed by atoms with Crippen molar-refractivity contribution in [2.24, 2.45) is 5.92 Å². The lowest BCUT2D eigenvalue weighted by Gasteiger charge is -2.18. The van der Waals surface area contributed by atoms with E-state index < -0.39 is 21.9 Å². The minimum absolute atomic E-state index is 0.0544. The molecule has 1 aromatic carbocycles. The van der Waals surface area contributed by atoms with E-state index in [4.69, 9.17) is 9.84 Å². The number of benzene rings is 1. The summed E-state index contributed by atoms with van der Waals surface area (Å²) in [5, 5.41) is 8.99. The molecule has 1 saturated heterocycles. The Morgan fingerprint density at radius 3 is 2.64 bits per heavy atom. The van der Waals surface area contributed by atoms with Crippen LogP contribution in [-0.2, 0) is 19.6 Å². The van der Waals surface area contributed by atoms with Crippen LogP contribution < -0.4 is 14.4 Å². The van der Waals surface area contributed by atoms with Gasteiger partial charge >= 0.3 is 5.97 Å². The summed E-state index contributed by atoms with van der Waals surface area (Å²) in [5.74, 6) is -1.81. The molecule has 1 unspecified atom stereocenters. The zero-order valence-corrected chi connectivity index (χ0v) is 12.9. The maximum Gasteiger partial charge on any atom is 0.308 e. The molecule has 0 aromatic heterocycles. The number of carboxylic acid groups (broad SMARTS) is 1. The van der Waals surface area contributed by atoms with Crippen molar-refractivity contribution >= 4 is 33.3 Å². The first-order valence-electron chi connectivity index (χ1n) is 6.40. The standard InChI is InChI=1S/C13H16N2O6S/c1-21-11-4-3-9(6-10(11)14-22(2,19)20)15-7-8(13(17)18)5-12(15)16/h3-4,6,8,14H,5,7H2,1-2H3,(H,17,18). The van der Waals surface area contributed by atoms with Crippen LogP contribution in [0.25, 0.3) is 0 Å². The average molecular weight is 328 g/mol. The normalized spacial score (nSPS) is 18.4. The number of nitrogens with zero attached hydrogens (tertiary/aromatic N) is 1. The van der Waals surface area contributed by atoms with Gasteiger partial charge in [-0.3, -0.25) is 14.3 Å². The zero-order valence-electron chi connectivity index (χ0n) is 12.1. The molecule has 0 bridgehead atoms. The number of carbonyl (C=O) groups excluding carboxylic acids is 1. The van der Waals surface area contributed by atoms with Crippen LogP contribution in [0, 0.1) is 5.92 Å². The molecule has 2 rings (SSSR count). The Bertz CT molecular complexity index is 715. The molecule has 9 heteroatoms. The summed E-state index contributed by atoms with van der Waals surface area (Å²) in [4.78, 5) is 24.2. The minimum atomic E-state index is -3.52. The van der Waals surface area contributed by atoms with E-state index in [0.29, 0.717) is 11.4 Å². The number of carbonyl (C=O) groups is 2. The third-order valence-corrected chi connectivity index (χ3v) is 3.86. The fraction of sp³-hybridized carbons (Fsp3) is 0.385. The zero-order chi connectivity index (χ0) is 16.5. The van der Waals surface area contributed by atoms with Crippen LogP contribution in [0.15, 0.2) is 18.2 Å². The van der Waals surface area contributed by atoms with Gasteiger partial charge in [0.15, 0.2) is 0 Å². The van der Waals surface area contributed by atoms with E-state index in [0.717, 1.165) is 6.26 Å². The summed E-state index contributed by atoms with van der Waals surface area (Å²) < 4.78 is 30.1. The first-order valence-corrected chi connectivity index (χ1v) is 8.29. The van der Waals surface area contributed by atoms with Gasteiger partial charge in [-0.15, -0.1) is 0 Å². The van der Waals surface area contributed by atoms with E-state index in [1.807, 2.05) is 0 Å². The average Bonchev–Trinajstić information content (AvgIpc) is 2.79. The number of anilines is 2. The Balaban J connectivity index is 2.35. The van der Waals surface area contributed by atoms with Gasteiger partial charge in [-0.25, -0.2) is 8.42 Å². The van der Waals surface area contributed by atoms with Gasteiger partial charge in [-0.1, -0.05) is 0 Å². The number of nitrogens with one attached hydrogen (secondary N) is 1. The van der Waals surface area contributed by atoms with Crippen LogP contribution in [0.4, 0.5) is 11.4 Å². The summed E-state index contributed by atoms with van der Waals surface area (Å²) in [6.45, 7) is 0.0544. The Labute approximate surface area is 127 Å². The monoisotopic (exact) mass is 328 g/mol. The van der Waals surface area contributed by atoms with E-state index in [1.54, 1.807) is 6.07 Å². The Morgan fingerprint density at radius 1 is 1.45 bits per heavy atom. The van der Waals surface area contributed by atoms with Crippen molar-refractivity contribution < 1.29 is 27.9 Å². The molecule has 1 heterocycles.